The molecule has 0 atom stereocenters. The molecule has 5 heteroatoms. The van der Waals surface area contributed by atoms with Crippen LogP contribution < -0.4 is 5.56 Å². The van der Waals surface area contributed by atoms with E-state index >= 15 is 0 Å². The number of H-pyrrole nitrogens is 1. The normalized spacial score (nSPS) is 12.3. The van der Waals surface area contributed by atoms with Gasteiger partial charge in [0.15, 0.2) is 0 Å². The number of halogens is 1. The third-order valence-electron chi connectivity index (χ3n) is 2.51. The summed E-state index contributed by atoms with van der Waals surface area (Å²) in [6.07, 6.45) is 3.76. The van der Waals surface area contributed by atoms with Gasteiger partial charge in [-0.25, -0.2) is 9.97 Å². The highest BCUT2D eigenvalue weighted by atomic mass is 35.5. The molecule has 0 saturated carbocycles. The van der Waals surface area contributed by atoms with Gasteiger partial charge in [-0.3, -0.25) is 4.79 Å². The van der Waals surface area contributed by atoms with Gasteiger partial charge in [0.1, 0.15) is 5.15 Å². The van der Waals surface area contributed by atoms with Crippen LogP contribution in [-0.2, 0) is 6.42 Å². The van der Waals surface area contributed by atoms with E-state index in [1.165, 1.54) is 6.33 Å². The summed E-state index contributed by atoms with van der Waals surface area (Å²) in [5.74, 6) is 0. The van der Waals surface area contributed by atoms with E-state index in [4.69, 9.17) is 11.6 Å². The van der Waals surface area contributed by atoms with Crippen molar-refractivity contribution in [2.45, 2.75) is 6.42 Å². The number of hydrogen-bond donors (Lipinski definition) is 1. The molecular weight excluding hydrogens is 214 g/mol. The molecule has 0 spiro atoms. The maximum absolute atomic E-state index is 11.6. The van der Waals surface area contributed by atoms with Gasteiger partial charge in [-0.1, -0.05) is 11.6 Å². The molecule has 1 aliphatic carbocycles. The highest BCUT2D eigenvalue weighted by Gasteiger charge is 2.22. The molecule has 0 aromatic carbocycles. The van der Waals surface area contributed by atoms with Crippen molar-refractivity contribution in [3.05, 3.63) is 45.4 Å². The van der Waals surface area contributed by atoms with Gasteiger partial charge in [-0.05, 0) is 17.2 Å². The third kappa shape index (κ3) is 1.18. The van der Waals surface area contributed by atoms with Crippen molar-refractivity contribution in [3.63, 3.8) is 0 Å². The lowest BCUT2D eigenvalue weighted by Gasteiger charge is -1.98. The second-order valence-corrected chi connectivity index (χ2v) is 3.78. The van der Waals surface area contributed by atoms with Crippen LogP contribution in [0.5, 0.6) is 0 Å². The molecule has 4 nitrogen and oxygen atoms in total. The second-order valence-electron chi connectivity index (χ2n) is 3.39. The van der Waals surface area contributed by atoms with E-state index in [1.807, 2.05) is 0 Å². The SMILES string of the molecule is O=c1[nH]cnc2c1-c1cc(Cl)ncc1C2. The molecule has 0 radical (unpaired) electrons. The standard InChI is InChI=1S/C10H6ClN3O/c11-8-2-6-5(3-12-8)1-7-9(6)10(15)14-4-13-7/h2-4H,1H2,(H,13,14,15). The summed E-state index contributed by atoms with van der Waals surface area (Å²) >= 11 is 5.80. The average Bonchev–Trinajstić information content (AvgIpc) is 2.57. The molecule has 0 fully saturated rings. The van der Waals surface area contributed by atoms with Gasteiger partial charge in [0.05, 0.1) is 17.6 Å². The van der Waals surface area contributed by atoms with Crippen LogP contribution in [0.1, 0.15) is 11.3 Å². The van der Waals surface area contributed by atoms with Gasteiger partial charge in [-0.15, -0.1) is 0 Å². The largest absolute Gasteiger partial charge is 0.313 e. The van der Waals surface area contributed by atoms with Crippen LogP contribution in [0.15, 0.2) is 23.4 Å². The van der Waals surface area contributed by atoms with Crippen LogP contribution in [0.3, 0.4) is 0 Å². The summed E-state index contributed by atoms with van der Waals surface area (Å²) in [5, 5.41) is 0.393. The minimum absolute atomic E-state index is 0.124. The number of hydrogen-bond acceptors (Lipinski definition) is 3. The fraction of sp³-hybridized carbons (Fsp3) is 0.100. The minimum atomic E-state index is -0.124. The Bertz CT molecular complexity index is 606. The Morgan fingerprint density at radius 1 is 1.40 bits per heavy atom. The van der Waals surface area contributed by atoms with Gasteiger partial charge >= 0.3 is 0 Å². The highest BCUT2D eigenvalue weighted by Crippen LogP contribution is 2.32. The maximum atomic E-state index is 11.6. The molecule has 74 valence electrons. The van der Waals surface area contributed by atoms with E-state index in [0.29, 0.717) is 17.1 Å². The molecule has 0 saturated heterocycles. The number of pyridine rings is 1. The van der Waals surface area contributed by atoms with Crippen LogP contribution in [0, 0.1) is 0 Å². The molecule has 2 heterocycles. The molecule has 2 aromatic heterocycles. The van der Waals surface area contributed by atoms with Crippen molar-refractivity contribution in [1.29, 1.82) is 0 Å². The van der Waals surface area contributed by atoms with Crippen molar-refractivity contribution in [2.75, 3.05) is 0 Å². The fourth-order valence-corrected chi connectivity index (χ4v) is 2.02. The number of aromatic amines is 1. The average molecular weight is 220 g/mol. The van der Waals surface area contributed by atoms with Gasteiger partial charge in [0, 0.05) is 12.6 Å². The maximum Gasteiger partial charge on any atom is 0.258 e. The second kappa shape index (κ2) is 2.90. The Balaban J connectivity index is 2.38. The van der Waals surface area contributed by atoms with Crippen LogP contribution >= 0.6 is 11.6 Å². The first-order chi connectivity index (χ1) is 7.25. The first-order valence-corrected chi connectivity index (χ1v) is 4.85. The Kier molecular flexibility index (Phi) is 1.67. The summed E-state index contributed by atoms with van der Waals surface area (Å²) in [4.78, 5) is 22.3. The number of nitrogens with zero attached hydrogens (tertiary/aromatic N) is 2. The van der Waals surface area contributed by atoms with Crippen LogP contribution in [0.2, 0.25) is 5.15 Å². The van der Waals surface area contributed by atoms with E-state index in [-0.39, 0.29) is 5.56 Å². The quantitative estimate of drug-likeness (QED) is 0.582. The van der Waals surface area contributed by atoms with Crippen LogP contribution in [0.4, 0.5) is 0 Å². The first-order valence-electron chi connectivity index (χ1n) is 4.47. The predicted octanol–water partition coefficient (Wildman–Crippen LogP) is 1.39. The van der Waals surface area contributed by atoms with E-state index < -0.39 is 0 Å². The minimum Gasteiger partial charge on any atom is -0.313 e. The lowest BCUT2D eigenvalue weighted by Crippen LogP contribution is -2.09. The van der Waals surface area contributed by atoms with E-state index in [1.54, 1.807) is 12.3 Å². The topological polar surface area (TPSA) is 58.6 Å². The van der Waals surface area contributed by atoms with Crippen molar-refractivity contribution < 1.29 is 0 Å². The molecule has 0 unspecified atom stereocenters. The molecule has 1 aliphatic rings. The summed E-state index contributed by atoms with van der Waals surface area (Å²) in [7, 11) is 0. The monoisotopic (exact) mass is 219 g/mol. The van der Waals surface area contributed by atoms with Crippen molar-refractivity contribution >= 4 is 11.6 Å². The Labute approximate surface area is 90.0 Å². The molecular formula is C10H6ClN3O. The van der Waals surface area contributed by atoms with Gasteiger partial charge in [0.2, 0.25) is 0 Å². The molecule has 3 rings (SSSR count). The van der Waals surface area contributed by atoms with E-state index in [9.17, 15) is 4.79 Å². The van der Waals surface area contributed by atoms with E-state index in [2.05, 4.69) is 15.0 Å². The third-order valence-corrected chi connectivity index (χ3v) is 2.72. The Hall–Kier alpha value is -1.68. The number of aromatic nitrogens is 3. The lowest BCUT2D eigenvalue weighted by atomic mass is 10.1. The lowest BCUT2D eigenvalue weighted by molar-refractivity contribution is 1.04. The van der Waals surface area contributed by atoms with Crippen LogP contribution in [0.25, 0.3) is 11.1 Å². The van der Waals surface area contributed by atoms with E-state index in [0.717, 1.165) is 16.8 Å². The molecule has 0 aliphatic heterocycles. The van der Waals surface area contributed by atoms with Crippen molar-refractivity contribution in [2.24, 2.45) is 0 Å². The summed E-state index contributed by atoms with van der Waals surface area (Å²) in [6, 6.07) is 1.71. The highest BCUT2D eigenvalue weighted by molar-refractivity contribution is 6.29. The molecule has 0 bridgehead atoms. The molecule has 1 N–H and O–H groups in total. The Morgan fingerprint density at radius 3 is 3.13 bits per heavy atom. The number of nitrogens with one attached hydrogen (secondary N) is 1. The van der Waals surface area contributed by atoms with Crippen molar-refractivity contribution in [1.82, 2.24) is 15.0 Å². The fourth-order valence-electron chi connectivity index (χ4n) is 1.86. The zero-order valence-corrected chi connectivity index (χ0v) is 8.38. The molecule has 2 aromatic rings. The van der Waals surface area contributed by atoms with Gasteiger partial charge < -0.3 is 4.98 Å². The van der Waals surface area contributed by atoms with Gasteiger partial charge in [0.25, 0.3) is 5.56 Å². The summed E-state index contributed by atoms with van der Waals surface area (Å²) in [6.45, 7) is 0. The van der Waals surface area contributed by atoms with Crippen molar-refractivity contribution in [3.8, 4) is 11.1 Å². The van der Waals surface area contributed by atoms with Crippen LogP contribution in [-0.4, -0.2) is 15.0 Å². The number of fused-ring (bicyclic) bond motifs is 3. The first kappa shape index (κ1) is 8.61. The van der Waals surface area contributed by atoms with Gasteiger partial charge in [-0.2, -0.15) is 0 Å². The molecule has 0 amide bonds. The number of rotatable bonds is 0. The zero-order valence-electron chi connectivity index (χ0n) is 7.62. The summed E-state index contributed by atoms with van der Waals surface area (Å²) < 4.78 is 0. The predicted molar refractivity (Wildman–Crippen MR) is 55.9 cm³/mol. The zero-order chi connectivity index (χ0) is 10.4. The Morgan fingerprint density at radius 2 is 2.27 bits per heavy atom. The smallest absolute Gasteiger partial charge is 0.258 e. The summed E-state index contributed by atoms with van der Waals surface area (Å²) in [5.41, 5.74) is 3.13. The molecule has 15 heavy (non-hydrogen) atoms.